The van der Waals surface area contributed by atoms with Crippen molar-refractivity contribution >= 4 is 26.8 Å². The number of nitrogens with two attached hydrogens (primary N) is 1. The van der Waals surface area contributed by atoms with Gasteiger partial charge in [0, 0.05) is 18.0 Å². The van der Waals surface area contributed by atoms with Crippen LogP contribution in [0.15, 0.2) is 22.8 Å². The van der Waals surface area contributed by atoms with Crippen LogP contribution in [0.4, 0.5) is 4.39 Å². The number of benzene rings is 1. The topological polar surface area (TPSA) is 43.8 Å². The van der Waals surface area contributed by atoms with Crippen LogP contribution in [0.1, 0.15) is 6.42 Å². The van der Waals surface area contributed by atoms with Gasteiger partial charge in [-0.25, -0.2) is 4.39 Å². The third kappa shape index (κ3) is 2.03. The van der Waals surface area contributed by atoms with Crippen molar-refractivity contribution in [1.82, 2.24) is 9.78 Å². The van der Waals surface area contributed by atoms with E-state index in [-0.39, 0.29) is 5.82 Å². The molecule has 0 radical (unpaired) electrons. The maximum Gasteiger partial charge on any atom is 0.125 e. The van der Waals surface area contributed by atoms with Crippen molar-refractivity contribution in [3.63, 3.8) is 0 Å². The Kier molecular flexibility index (Phi) is 3.02. The fourth-order valence-electron chi connectivity index (χ4n) is 1.46. The Morgan fingerprint density at radius 3 is 3.00 bits per heavy atom. The van der Waals surface area contributed by atoms with E-state index in [0.29, 0.717) is 12.1 Å². The molecule has 2 rings (SSSR count). The number of aromatic nitrogens is 2. The molecule has 2 aromatic rings. The molecular weight excluding hydrogens is 261 g/mol. The number of hydrogen-bond acceptors (Lipinski definition) is 2. The van der Waals surface area contributed by atoms with Gasteiger partial charge in [0.2, 0.25) is 0 Å². The van der Waals surface area contributed by atoms with Gasteiger partial charge in [0.25, 0.3) is 0 Å². The summed E-state index contributed by atoms with van der Waals surface area (Å²) in [6, 6.07) is 4.59. The van der Waals surface area contributed by atoms with Crippen LogP contribution < -0.4 is 5.73 Å². The van der Waals surface area contributed by atoms with E-state index < -0.39 is 0 Å². The van der Waals surface area contributed by atoms with Crippen molar-refractivity contribution in [2.24, 2.45) is 5.73 Å². The van der Waals surface area contributed by atoms with Gasteiger partial charge in [-0.15, -0.1) is 0 Å². The number of nitrogens with zero attached hydrogens (tertiary/aromatic N) is 2. The number of hydrogen-bond donors (Lipinski definition) is 1. The summed E-state index contributed by atoms with van der Waals surface area (Å²) in [4.78, 5) is 0. The van der Waals surface area contributed by atoms with Crippen molar-refractivity contribution in [3.8, 4) is 0 Å². The second kappa shape index (κ2) is 4.28. The molecule has 0 bridgehead atoms. The monoisotopic (exact) mass is 271 g/mol. The quantitative estimate of drug-likeness (QED) is 0.931. The van der Waals surface area contributed by atoms with Gasteiger partial charge in [-0.05, 0) is 41.0 Å². The molecule has 0 aliphatic heterocycles. The Hall–Kier alpha value is -0.940. The number of fused-ring (bicyclic) bond motifs is 1. The van der Waals surface area contributed by atoms with E-state index in [4.69, 9.17) is 5.73 Å². The first-order chi connectivity index (χ1) is 7.22. The predicted molar refractivity (Wildman–Crippen MR) is 61.1 cm³/mol. The van der Waals surface area contributed by atoms with Crippen LogP contribution in [-0.4, -0.2) is 16.3 Å². The average molecular weight is 272 g/mol. The normalized spacial score (nSPS) is 11.1. The maximum absolute atomic E-state index is 12.9. The molecule has 1 heterocycles. The van der Waals surface area contributed by atoms with Crippen molar-refractivity contribution in [3.05, 3.63) is 28.6 Å². The maximum atomic E-state index is 12.9. The highest BCUT2D eigenvalue weighted by Gasteiger charge is 2.08. The van der Waals surface area contributed by atoms with Gasteiger partial charge in [-0.3, -0.25) is 4.68 Å². The minimum absolute atomic E-state index is 0.265. The van der Waals surface area contributed by atoms with Crippen LogP contribution in [-0.2, 0) is 6.54 Å². The lowest BCUT2D eigenvalue weighted by Gasteiger charge is -2.00. The summed E-state index contributed by atoms with van der Waals surface area (Å²) in [6.07, 6.45) is 0.856. The highest BCUT2D eigenvalue weighted by Crippen LogP contribution is 2.24. The summed E-state index contributed by atoms with van der Waals surface area (Å²) >= 11 is 3.44. The summed E-state index contributed by atoms with van der Waals surface area (Å²) in [6.45, 7) is 1.37. The summed E-state index contributed by atoms with van der Waals surface area (Å²) in [5.74, 6) is -0.265. The average Bonchev–Trinajstić information content (AvgIpc) is 2.52. The van der Waals surface area contributed by atoms with Crippen molar-refractivity contribution < 1.29 is 4.39 Å². The van der Waals surface area contributed by atoms with Crippen LogP contribution in [0.25, 0.3) is 10.9 Å². The first-order valence-corrected chi connectivity index (χ1v) is 5.53. The van der Waals surface area contributed by atoms with Crippen LogP contribution in [0, 0.1) is 5.82 Å². The Bertz CT molecular complexity index is 481. The molecule has 0 unspecified atom stereocenters. The molecule has 15 heavy (non-hydrogen) atoms. The summed E-state index contributed by atoms with van der Waals surface area (Å²) in [5.41, 5.74) is 6.09. The lowest BCUT2D eigenvalue weighted by atomic mass is 10.2. The number of rotatable bonds is 3. The molecular formula is C10H11BrFN3. The van der Waals surface area contributed by atoms with Crippen molar-refractivity contribution in [2.75, 3.05) is 6.54 Å². The predicted octanol–water partition coefficient (Wildman–Crippen LogP) is 2.29. The molecule has 0 saturated heterocycles. The minimum Gasteiger partial charge on any atom is -0.330 e. The van der Waals surface area contributed by atoms with E-state index in [9.17, 15) is 4.39 Å². The standard InChI is InChI=1S/C10H11BrFN3/c11-10-8-3-2-7(12)6-9(8)14-15(10)5-1-4-13/h2-3,6H,1,4-5,13H2. The molecule has 5 heteroatoms. The molecule has 0 saturated carbocycles. The van der Waals surface area contributed by atoms with Gasteiger partial charge in [-0.1, -0.05) is 0 Å². The van der Waals surface area contributed by atoms with Gasteiger partial charge in [0.05, 0.1) is 5.52 Å². The van der Waals surface area contributed by atoms with E-state index in [1.807, 2.05) is 0 Å². The zero-order chi connectivity index (χ0) is 10.8. The number of aryl methyl sites for hydroxylation is 1. The Labute approximate surface area is 95.2 Å². The smallest absolute Gasteiger partial charge is 0.125 e. The van der Waals surface area contributed by atoms with Gasteiger partial charge in [0.15, 0.2) is 0 Å². The lowest BCUT2D eigenvalue weighted by Crippen LogP contribution is -2.06. The molecule has 80 valence electrons. The highest BCUT2D eigenvalue weighted by molar-refractivity contribution is 9.10. The fraction of sp³-hybridized carbons (Fsp3) is 0.300. The fourth-order valence-corrected chi connectivity index (χ4v) is 2.06. The first kappa shape index (κ1) is 10.6. The van der Waals surface area contributed by atoms with Crippen LogP contribution >= 0.6 is 15.9 Å². The summed E-state index contributed by atoms with van der Waals surface area (Å²) < 4.78 is 15.6. The van der Waals surface area contributed by atoms with E-state index in [0.717, 1.165) is 23.0 Å². The molecule has 3 nitrogen and oxygen atoms in total. The van der Waals surface area contributed by atoms with Crippen LogP contribution in [0.5, 0.6) is 0 Å². The van der Waals surface area contributed by atoms with Crippen molar-refractivity contribution in [1.29, 1.82) is 0 Å². The molecule has 1 aromatic carbocycles. The van der Waals surface area contributed by atoms with E-state index in [2.05, 4.69) is 21.0 Å². The Balaban J connectivity index is 2.44. The van der Waals surface area contributed by atoms with Crippen LogP contribution in [0.2, 0.25) is 0 Å². The lowest BCUT2D eigenvalue weighted by molar-refractivity contribution is 0.579. The van der Waals surface area contributed by atoms with Crippen LogP contribution in [0.3, 0.4) is 0 Å². The zero-order valence-electron chi connectivity index (χ0n) is 8.08. The highest BCUT2D eigenvalue weighted by atomic mass is 79.9. The molecule has 0 amide bonds. The molecule has 0 spiro atoms. The minimum atomic E-state index is -0.265. The van der Waals surface area contributed by atoms with Gasteiger partial charge in [0.1, 0.15) is 10.4 Å². The molecule has 1 aromatic heterocycles. The zero-order valence-corrected chi connectivity index (χ0v) is 9.67. The first-order valence-electron chi connectivity index (χ1n) is 4.74. The van der Waals surface area contributed by atoms with E-state index in [1.54, 1.807) is 10.7 Å². The molecule has 0 aliphatic rings. The Morgan fingerprint density at radius 1 is 1.47 bits per heavy atom. The number of halogens is 2. The van der Waals surface area contributed by atoms with Gasteiger partial charge >= 0.3 is 0 Å². The third-order valence-corrected chi connectivity index (χ3v) is 3.05. The molecule has 0 aliphatic carbocycles. The van der Waals surface area contributed by atoms with E-state index >= 15 is 0 Å². The SMILES string of the molecule is NCCCn1nc2cc(F)ccc2c1Br. The summed E-state index contributed by atoms with van der Waals surface area (Å²) in [7, 11) is 0. The molecule has 0 fully saturated rings. The molecule has 0 atom stereocenters. The van der Waals surface area contributed by atoms with Crippen molar-refractivity contribution in [2.45, 2.75) is 13.0 Å². The van der Waals surface area contributed by atoms with Gasteiger partial charge < -0.3 is 5.73 Å². The Morgan fingerprint density at radius 2 is 2.27 bits per heavy atom. The molecule has 2 N–H and O–H groups in total. The second-order valence-electron chi connectivity index (χ2n) is 3.32. The summed E-state index contributed by atoms with van der Waals surface area (Å²) in [5, 5.41) is 5.21. The largest absolute Gasteiger partial charge is 0.330 e. The van der Waals surface area contributed by atoms with Gasteiger partial charge in [-0.2, -0.15) is 5.10 Å². The second-order valence-corrected chi connectivity index (χ2v) is 4.07. The van der Waals surface area contributed by atoms with E-state index in [1.165, 1.54) is 12.1 Å². The third-order valence-electron chi connectivity index (χ3n) is 2.21.